The van der Waals surface area contributed by atoms with Crippen molar-refractivity contribution in [2.45, 2.75) is 19.4 Å². The van der Waals surface area contributed by atoms with Crippen LogP contribution in [0.15, 0.2) is 22.6 Å². The van der Waals surface area contributed by atoms with Gasteiger partial charge in [-0.15, -0.1) is 0 Å². The second kappa shape index (κ2) is 3.79. The number of anilines is 1. The van der Waals surface area contributed by atoms with Crippen molar-refractivity contribution >= 4 is 17.1 Å². The van der Waals surface area contributed by atoms with Gasteiger partial charge in [0.2, 0.25) is 0 Å². The van der Waals surface area contributed by atoms with Crippen LogP contribution in [0.5, 0.6) is 0 Å². The molecule has 0 bridgehead atoms. The molecule has 1 aliphatic rings. The van der Waals surface area contributed by atoms with Crippen LogP contribution in [-0.4, -0.2) is 24.1 Å². The number of benzene rings is 1. The molecule has 0 radical (unpaired) electrons. The predicted octanol–water partition coefficient (Wildman–Crippen LogP) is 1.91. The van der Waals surface area contributed by atoms with Crippen molar-refractivity contribution < 1.29 is 4.42 Å². The molecule has 0 aliphatic carbocycles. The van der Waals surface area contributed by atoms with Gasteiger partial charge in [0.1, 0.15) is 5.52 Å². The second-order valence-corrected chi connectivity index (χ2v) is 4.27. The molecule has 1 saturated heterocycles. The summed E-state index contributed by atoms with van der Waals surface area (Å²) in [6, 6.07) is 7.06. The lowest BCUT2D eigenvalue weighted by atomic mass is 10.2. The first-order valence-electron chi connectivity index (χ1n) is 5.66. The molecule has 3 rings (SSSR count). The van der Waals surface area contributed by atoms with Gasteiger partial charge in [-0.3, -0.25) is 0 Å². The molecule has 0 spiro atoms. The van der Waals surface area contributed by atoms with E-state index in [0.717, 1.165) is 36.2 Å². The van der Waals surface area contributed by atoms with E-state index in [4.69, 9.17) is 4.42 Å². The Morgan fingerprint density at radius 1 is 1.50 bits per heavy atom. The Bertz CT molecular complexity index is 500. The Morgan fingerprint density at radius 3 is 3.19 bits per heavy atom. The molecule has 1 fully saturated rings. The van der Waals surface area contributed by atoms with Crippen LogP contribution in [0.2, 0.25) is 0 Å². The van der Waals surface area contributed by atoms with Gasteiger partial charge in [0.15, 0.2) is 5.58 Å². The summed E-state index contributed by atoms with van der Waals surface area (Å²) >= 11 is 0. The SMILES string of the molecule is Cc1cccc2oc(NC3CCNC3)nc12. The number of hydrogen-bond donors (Lipinski definition) is 2. The predicted molar refractivity (Wildman–Crippen MR) is 63.6 cm³/mol. The van der Waals surface area contributed by atoms with Gasteiger partial charge in [-0.05, 0) is 31.5 Å². The van der Waals surface area contributed by atoms with Gasteiger partial charge in [0.05, 0.1) is 0 Å². The largest absolute Gasteiger partial charge is 0.424 e. The molecule has 1 unspecified atom stereocenters. The summed E-state index contributed by atoms with van der Waals surface area (Å²) in [7, 11) is 0. The summed E-state index contributed by atoms with van der Waals surface area (Å²) in [5, 5.41) is 6.62. The van der Waals surface area contributed by atoms with Crippen molar-refractivity contribution in [3.8, 4) is 0 Å². The van der Waals surface area contributed by atoms with E-state index in [1.165, 1.54) is 0 Å². The van der Waals surface area contributed by atoms with E-state index in [9.17, 15) is 0 Å². The Balaban J connectivity index is 1.90. The first-order chi connectivity index (χ1) is 7.83. The van der Waals surface area contributed by atoms with E-state index in [1.54, 1.807) is 0 Å². The number of aromatic nitrogens is 1. The average molecular weight is 217 g/mol. The molecule has 1 aromatic carbocycles. The molecular weight excluding hydrogens is 202 g/mol. The van der Waals surface area contributed by atoms with Gasteiger partial charge in [-0.1, -0.05) is 12.1 Å². The number of fused-ring (bicyclic) bond motifs is 1. The Kier molecular flexibility index (Phi) is 2.29. The van der Waals surface area contributed by atoms with Gasteiger partial charge in [-0.2, -0.15) is 4.98 Å². The summed E-state index contributed by atoms with van der Waals surface area (Å²) in [5.41, 5.74) is 2.96. The third kappa shape index (κ3) is 1.65. The minimum atomic E-state index is 0.438. The highest BCUT2D eigenvalue weighted by Crippen LogP contribution is 2.22. The van der Waals surface area contributed by atoms with E-state index >= 15 is 0 Å². The van der Waals surface area contributed by atoms with E-state index < -0.39 is 0 Å². The number of hydrogen-bond acceptors (Lipinski definition) is 4. The zero-order valence-corrected chi connectivity index (χ0v) is 9.29. The highest BCUT2D eigenvalue weighted by Gasteiger charge is 2.16. The molecule has 2 N–H and O–H groups in total. The number of nitrogens with zero attached hydrogens (tertiary/aromatic N) is 1. The number of aryl methyl sites for hydroxylation is 1. The van der Waals surface area contributed by atoms with Crippen molar-refractivity contribution in [1.29, 1.82) is 0 Å². The van der Waals surface area contributed by atoms with Crippen LogP contribution in [0.1, 0.15) is 12.0 Å². The smallest absolute Gasteiger partial charge is 0.295 e. The molecule has 0 saturated carbocycles. The molecule has 84 valence electrons. The monoisotopic (exact) mass is 217 g/mol. The van der Waals surface area contributed by atoms with Gasteiger partial charge in [0, 0.05) is 12.6 Å². The molecule has 2 aromatic rings. The van der Waals surface area contributed by atoms with Crippen LogP contribution >= 0.6 is 0 Å². The lowest BCUT2D eigenvalue weighted by molar-refractivity contribution is 0.599. The van der Waals surface area contributed by atoms with E-state index in [0.29, 0.717) is 12.1 Å². The van der Waals surface area contributed by atoms with Gasteiger partial charge in [-0.25, -0.2) is 0 Å². The van der Waals surface area contributed by atoms with E-state index in [2.05, 4.69) is 15.6 Å². The lowest BCUT2D eigenvalue weighted by Crippen LogP contribution is -2.22. The highest BCUT2D eigenvalue weighted by molar-refractivity contribution is 5.77. The standard InChI is InChI=1S/C12H15N3O/c1-8-3-2-4-10-11(8)15-12(16-10)14-9-5-6-13-7-9/h2-4,9,13H,5-7H2,1H3,(H,14,15). The molecule has 1 aromatic heterocycles. The normalized spacial score (nSPS) is 20.4. The van der Waals surface area contributed by atoms with Crippen molar-refractivity contribution in [1.82, 2.24) is 10.3 Å². The van der Waals surface area contributed by atoms with Crippen molar-refractivity contribution in [2.75, 3.05) is 18.4 Å². The summed E-state index contributed by atoms with van der Waals surface area (Å²) in [4.78, 5) is 4.47. The Morgan fingerprint density at radius 2 is 2.44 bits per heavy atom. The lowest BCUT2D eigenvalue weighted by Gasteiger charge is -2.07. The van der Waals surface area contributed by atoms with Crippen LogP contribution < -0.4 is 10.6 Å². The summed E-state index contributed by atoms with van der Waals surface area (Å²) in [6.45, 7) is 4.10. The van der Waals surface area contributed by atoms with Crippen LogP contribution in [0, 0.1) is 6.92 Å². The molecule has 4 nitrogen and oxygen atoms in total. The maximum Gasteiger partial charge on any atom is 0.295 e. The van der Waals surface area contributed by atoms with E-state index in [-0.39, 0.29) is 0 Å². The topological polar surface area (TPSA) is 50.1 Å². The van der Waals surface area contributed by atoms with Gasteiger partial charge >= 0.3 is 0 Å². The summed E-state index contributed by atoms with van der Waals surface area (Å²) < 4.78 is 5.66. The second-order valence-electron chi connectivity index (χ2n) is 4.27. The highest BCUT2D eigenvalue weighted by atomic mass is 16.4. The number of rotatable bonds is 2. The minimum Gasteiger partial charge on any atom is -0.424 e. The number of oxazole rings is 1. The van der Waals surface area contributed by atoms with Crippen molar-refractivity contribution in [3.63, 3.8) is 0 Å². The van der Waals surface area contributed by atoms with Gasteiger partial charge in [0.25, 0.3) is 6.01 Å². The minimum absolute atomic E-state index is 0.438. The maximum atomic E-state index is 5.66. The Hall–Kier alpha value is -1.55. The molecule has 16 heavy (non-hydrogen) atoms. The summed E-state index contributed by atoms with van der Waals surface area (Å²) in [6.07, 6.45) is 1.12. The van der Waals surface area contributed by atoms with Gasteiger partial charge < -0.3 is 15.1 Å². The molecular formula is C12H15N3O. The first-order valence-corrected chi connectivity index (χ1v) is 5.66. The molecule has 2 heterocycles. The zero-order valence-electron chi connectivity index (χ0n) is 9.29. The van der Waals surface area contributed by atoms with Crippen LogP contribution in [0.25, 0.3) is 11.1 Å². The Labute approximate surface area is 94.0 Å². The third-order valence-electron chi connectivity index (χ3n) is 3.01. The molecule has 1 atom stereocenters. The molecule has 1 aliphatic heterocycles. The van der Waals surface area contributed by atoms with E-state index in [1.807, 2.05) is 25.1 Å². The maximum absolute atomic E-state index is 5.66. The van der Waals surface area contributed by atoms with Crippen molar-refractivity contribution in [2.24, 2.45) is 0 Å². The quantitative estimate of drug-likeness (QED) is 0.806. The van der Waals surface area contributed by atoms with Crippen LogP contribution in [0.4, 0.5) is 6.01 Å². The molecule has 4 heteroatoms. The fourth-order valence-electron chi connectivity index (χ4n) is 2.10. The van der Waals surface area contributed by atoms with Crippen LogP contribution in [0.3, 0.4) is 0 Å². The number of para-hydroxylation sites is 1. The fourth-order valence-corrected chi connectivity index (χ4v) is 2.10. The zero-order chi connectivity index (χ0) is 11.0. The summed E-state index contributed by atoms with van der Waals surface area (Å²) in [5.74, 6) is 0. The fraction of sp³-hybridized carbons (Fsp3) is 0.417. The number of nitrogens with one attached hydrogen (secondary N) is 2. The third-order valence-corrected chi connectivity index (χ3v) is 3.01. The first kappa shape index (κ1) is 9.66. The molecule has 0 amide bonds. The van der Waals surface area contributed by atoms with Crippen LogP contribution in [-0.2, 0) is 0 Å². The van der Waals surface area contributed by atoms with Crippen molar-refractivity contribution in [3.05, 3.63) is 23.8 Å². The average Bonchev–Trinajstić information content (AvgIpc) is 2.88.